The molecule has 8 N–H and O–H groups in total. The highest BCUT2D eigenvalue weighted by molar-refractivity contribution is 5.90. The van der Waals surface area contributed by atoms with Gasteiger partial charge < -0.3 is 60.6 Å². The van der Waals surface area contributed by atoms with Gasteiger partial charge in [0.25, 0.3) is 0 Å². The first-order chi connectivity index (χ1) is 23.8. The predicted octanol–water partition coefficient (Wildman–Crippen LogP) is 1.76. The van der Waals surface area contributed by atoms with E-state index in [1.54, 1.807) is 0 Å². The summed E-state index contributed by atoms with van der Waals surface area (Å²) in [7, 11) is 0. The van der Waals surface area contributed by atoms with Gasteiger partial charge in [-0.1, -0.05) is 12.1 Å². The third kappa shape index (κ3) is 11.9. The van der Waals surface area contributed by atoms with Crippen molar-refractivity contribution in [2.75, 3.05) is 62.4 Å². The van der Waals surface area contributed by atoms with Gasteiger partial charge in [0.15, 0.2) is 23.0 Å². The van der Waals surface area contributed by atoms with Crippen molar-refractivity contribution < 1.29 is 58.6 Å². The summed E-state index contributed by atoms with van der Waals surface area (Å²) < 4.78 is 22.8. The lowest BCUT2D eigenvalue weighted by Crippen LogP contribution is -2.34. The minimum Gasteiger partial charge on any atom is -0.486 e. The molecule has 2 aromatic rings. The predicted molar refractivity (Wildman–Crippen MR) is 183 cm³/mol. The van der Waals surface area contributed by atoms with Crippen LogP contribution in [0, 0.1) is 0 Å². The van der Waals surface area contributed by atoms with Crippen molar-refractivity contribution >= 4 is 35.3 Å². The fourth-order valence-electron chi connectivity index (χ4n) is 5.46. The SMILES string of the molecule is C[C@H](N)CN1CCc2ccc3c(c21)OCCO3.C[C@H](N)CN1CCc2ccc3c(c21)OCCO3.O=C(O)/C=C/C(=O)O.O=C(O)/C=C/C(=O)O. The number of nitrogens with two attached hydrogens (primary N) is 2. The minimum atomic E-state index is -1.26. The molecule has 0 aromatic heterocycles. The van der Waals surface area contributed by atoms with E-state index in [-0.39, 0.29) is 12.1 Å². The second kappa shape index (κ2) is 18.9. The van der Waals surface area contributed by atoms with Crippen molar-refractivity contribution in [3.8, 4) is 23.0 Å². The monoisotopic (exact) mass is 700 g/mol. The number of ether oxygens (including phenoxy) is 4. The van der Waals surface area contributed by atoms with E-state index in [1.165, 1.54) is 22.5 Å². The first-order valence-corrected chi connectivity index (χ1v) is 15.9. The number of nitrogens with zero attached hydrogens (tertiary/aromatic N) is 2. The lowest BCUT2D eigenvalue weighted by atomic mass is 10.1. The molecule has 0 spiro atoms. The number of fused-ring (bicyclic) bond motifs is 6. The van der Waals surface area contributed by atoms with Crippen LogP contribution in [-0.4, -0.2) is 109 Å². The number of aliphatic carboxylic acids is 4. The molecule has 16 heteroatoms. The zero-order valence-corrected chi connectivity index (χ0v) is 27.9. The summed E-state index contributed by atoms with van der Waals surface area (Å²) in [5.74, 6) is -1.48. The highest BCUT2D eigenvalue weighted by Crippen LogP contribution is 2.46. The molecule has 4 aliphatic heterocycles. The van der Waals surface area contributed by atoms with E-state index in [1.807, 2.05) is 26.0 Å². The van der Waals surface area contributed by atoms with Gasteiger partial charge in [-0.15, -0.1) is 0 Å². The van der Waals surface area contributed by atoms with Gasteiger partial charge >= 0.3 is 23.9 Å². The van der Waals surface area contributed by atoms with Crippen molar-refractivity contribution in [1.29, 1.82) is 0 Å². The van der Waals surface area contributed by atoms with E-state index in [2.05, 4.69) is 21.9 Å². The Labute approximate surface area is 289 Å². The van der Waals surface area contributed by atoms with Crippen LogP contribution in [0.15, 0.2) is 48.6 Å². The van der Waals surface area contributed by atoms with E-state index < -0.39 is 23.9 Å². The number of anilines is 2. The minimum absolute atomic E-state index is 0.168. The molecule has 0 fully saturated rings. The molecular formula is C34H44N4O12. The fourth-order valence-corrected chi connectivity index (χ4v) is 5.46. The van der Waals surface area contributed by atoms with Crippen LogP contribution in [0.4, 0.5) is 11.4 Å². The summed E-state index contributed by atoms with van der Waals surface area (Å²) in [4.78, 5) is 42.8. The molecule has 0 amide bonds. The van der Waals surface area contributed by atoms with Gasteiger partial charge in [-0.2, -0.15) is 0 Å². The quantitative estimate of drug-likeness (QED) is 0.215. The topological polar surface area (TPSA) is 245 Å². The van der Waals surface area contributed by atoms with Crippen molar-refractivity contribution in [3.63, 3.8) is 0 Å². The van der Waals surface area contributed by atoms with Gasteiger partial charge in [0.05, 0.1) is 11.4 Å². The number of carbonyl (C=O) groups is 4. The maximum Gasteiger partial charge on any atom is 0.328 e. The third-order valence-corrected chi connectivity index (χ3v) is 7.22. The molecule has 2 aromatic carbocycles. The summed E-state index contributed by atoms with van der Waals surface area (Å²) in [6.45, 7) is 10.4. The van der Waals surface area contributed by atoms with Crippen molar-refractivity contribution in [1.82, 2.24) is 0 Å². The average molecular weight is 701 g/mol. The maximum atomic E-state index is 9.55. The van der Waals surface area contributed by atoms with Gasteiger partial charge in [0.1, 0.15) is 26.4 Å². The largest absolute Gasteiger partial charge is 0.486 e. The van der Waals surface area contributed by atoms with Gasteiger partial charge in [0.2, 0.25) is 0 Å². The Morgan fingerprint density at radius 3 is 1.24 bits per heavy atom. The summed E-state index contributed by atoms with van der Waals surface area (Å²) in [5, 5.41) is 31.2. The maximum absolute atomic E-state index is 9.55. The van der Waals surface area contributed by atoms with E-state index in [0.29, 0.717) is 50.7 Å². The number of hydrogen-bond donors (Lipinski definition) is 6. The Morgan fingerprint density at radius 2 is 0.940 bits per heavy atom. The molecule has 4 heterocycles. The molecule has 0 unspecified atom stereocenters. The van der Waals surface area contributed by atoms with Crippen LogP contribution in [0.25, 0.3) is 0 Å². The van der Waals surface area contributed by atoms with E-state index >= 15 is 0 Å². The molecule has 6 rings (SSSR count). The van der Waals surface area contributed by atoms with Crippen LogP contribution in [0.1, 0.15) is 25.0 Å². The molecule has 4 aliphatic rings. The summed E-state index contributed by atoms with van der Waals surface area (Å²) >= 11 is 0. The van der Waals surface area contributed by atoms with Crippen LogP contribution in [0.5, 0.6) is 23.0 Å². The highest BCUT2D eigenvalue weighted by atomic mass is 16.6. The van der Waals surface area contributed by atoms with Crippen LogP contribution < -0.4 is 40.2 Å². The highest BCUT2D eigenvalue weighted by Gasteiger charge is 2.29. The standard InChI is InChI=1S/2C13H18N2O2.2C4H4O4/c2*1-9(14)8-15-5-4-10-2-3-11-13(12(10)15)17-7-6-16-11;2*5-3(6)1-2-4(7)8/h2*2-3,9H,4-8,14H2,1H3;2*1-2H,(H,5,6)(H,7,8)/b;;2*2-1+/t2*9-;;/m00../s1. The number of carboxylic acid groups (broad SMARTS) is 4. The normalized spacial score (nSPS) is 16.0. The molecule has 0 radical (unpaired) electrons. The van der Waals surface area contributed by atoms with Crippen molar-refractivity contribution in [3.05, 3.63) is 59.7 Å². The molecule has 50 heavy (non-hydrogen) atoms. The third-order valence-electron chi connectivity index (χ3n) is 7.22. The molecule has 16 nitrogen and oxygen atoms in total. The molecule has 0 saturated heterocycles. The lowest BCUT2D eigenvalue weighted by Gasteiger charge is -2.27. The Kier molecular flexibility index (Phi) is 14.7. The molecule has 0 bridgehead atoms. The van der Waals surface area contributed by atoms with Crippen LogP contribution in [-0.2, 0) is 32.0 Å². The molecule has 0 saturated carbocycles. The van der Waals surface area contributed by atoms with Crippen LogP contribution in [0.2, 0.25) is 0 Å². The molecular weight excluding hydrogens is 656 g/mol. The number of benzene rings is 2. The van der Waals surface area contributed by atoms with Gasteiger partial charge in [-0.05, 0) is 49.9 Å². The summed E-state index contributed by atoms with van der Waals surface area (Å²) in [6.07, 6.45) is 4.37. The first kappa shape index (κ1) is 39.0. The number of rotatable bonds is 8. The fraction of sp³-hybridized carbons (Fsp3) is 0.412. The van der Waals surface area contributed by atoms with E-state index in [0.717, 1.165) is 62.0 Å². The molecule has 0 aliphatic carbocycles. The zero-order chi connectivity index (χ0) is 36.8. The van der Waals surface area contributed by atoms with Crippen molar-refractivity contribution in [2.24, 2.45) is 11.5 Å². The first-order valence-electron chi connectivity index (χ1n) is 15.9. The van der Waals surface area contributed by atoms with Crippen LogP contribution in [0.3, 0.4) is 0 Å². The van der Waals surface area contributed by atoms with Crippen LogP contribution >= 0.6 is 0 Å². The Bertz CT molecular complexity index is 1430. The summed E-state index contributed by atoms with van der Waals surface area (Å²) in [5.41, 5.74) is 16.9. The summed E-state index contributed by atoms with van der Waals surface area (Å²) in [6, 6.07) is 8.65. The average Bonchev–Trinajstić information content (AvgIpc) is 3.67. The van der Waals surface area contributed by atoms with E-state index in [4.69, 9.17) is 50.8 Å². The van der Waals surface area contributed by atoms with Gasteiger partial charge in [-0.25, -0.2) is 19.2 Å². The second-order valence-corrected chi connectivity index (χ2v) is 11.6. The zero-order valence-electron chi connectivity index (χ0n) is 27.9. The van der Waals surface area contributed by atoms with Gasteiger partial charge in [-0.3, -0.25) is 0 Å². The number of hydrogen-bond acceptors (Lipinski definition) is 12. The number of carboxylic acids is 4. The van der Waals surface area contributed by atoms with Gasteiger partial charge in [0, 0.05) is 62.6 Å². The second-order valence-electron chi connectivity index (χ2n) is 11.6. The Morgan fingerprint density at radius 1 is 0.620 bits per heavy atom. The lowest BCUT2D eigenvalue weighted by molar-refractivity contribution is -0.134. The van der Waals surface area contributed by atoms with E-state index in [9.17, 15) is 19.2 Å². The Balaban J connectivity index is 0.000000193. The smallest absolute Gasteiger partial charge is 0.328 e. The van der Waals surface area contributed by atoms with Crippen molar-refractivity contribution in [2.45, 2.75) is 38.8 Å². The molecule has 272 valence electrons. The molecule has 2 atom stereocenters. The Hall–Kier alpha value is -5.48.